The highest BCUT2D eigenvalue weighted by Gasteiger charge is 2.39. The second-order valence-electron chi connectivity index (χ2n) is 8.04. The van der Waals surface area contributed by atoms with E-state index in [1.807, 2.05) is 0 Å². The second-order valence-corrected chi connectivity index (χ2v) is 8.04. The standard InChI is InChI=1S/C24H26F3NO4/c1-32-20-9-7-17(8-10-20)22(30)23(31)11-14-28(15-12-23)13-3-6-21(29)18-4-2-5-19(16-18)24(25,26)27/h2,4-5,7-10,16,31H,3,6,11-15H2,1H3. The molecule has 2 aromatic carbocycles. The first-order valence-corrected chi connectivity index (χ1v) is 10.5. The van der Waals surface area contributed by atoms with Gasteiger partial charge in [0.25, 0.3) is 0 Å². The van der Waals surface area contributed by atoms with Crippen molar-refractivity contribution in [3.05, 3.63) is 65.2 Å². The molecule has 0 aromatic heterocycles. The fourth-order valence-corrected chi connectivity index (χ4v) is 3.86. The second kappa shape index (κ2) is 9.83. The Bertz CT molecular complexity index is 948. The van der Waals surface area contributed by atoms with Crippen LogP contribution in [-0.2, 0) is 6.18 Å². The first kappa shape index (κ1) is 23.9. The summed E-state index contributed by atoms with van der Waals surface area (Å²) in [5, 5.41) is 10.8. The molecule has 1 fully saturated rings. The largest absolute Gasteiger partial charge is 0.497 e. The van der Waals surface area contributed by atoms with Gasteiger partial charge in [0.05, 0.1) is 12.7 Å². The molecule has 0 saturated carbocycles. The maximum Gasteiger partial charge on any atom is 0.416 e. The molecule has 32 heavy (non-hydrogen) atoms. The Balaban J connectivity index is 1.48. The molecule has 2 aromatic rings. The van der Waals surface area contributed by atoms with Crippen LogP contribution in [0, 0.1) is 0 Å². The van der Waals surface area contributed by atoms with Crippen LogP contribution in [0.2, 0.25) is 0 Å². The number of alkyl halides is 3. The monoisotopic (exact) mass is 449 g/mol. The molecule has 0 atom stereocenters. The molecule has 0 bridgehead atoms. The lowest BCUT2D eigenvalue weighted by atomic mass is 9.84. The van der Waals surface area contributed by atoms with E-state index in [9.17, 15) is 27.9 Å². The van der Waals surface area contributed by atoms with Crippen LogP contribution < -0.4 is 4.74 Å². The van der Waals surface area contributed by atoms with Gasteiger partial charge in [0.2, 0.25) is 0 Å². The zero-order valence-electron chi connectivity index (χ0n) is 17.8. The molecule has 0 unspecified atom stereocenters. The lowest BCUT2D eigenvalue weighted by molar-refractivity contribution is -0.137. The summed E-state index contributed by atoms with van der Waals surface area (Å²) >= 11 is 0. The van der Waals surface area contributed by atoms with E-state index >= 15 is 0 Å². The topological polar surface area (TPSA) is 66.8 Å². The molecule has 0 spiro atoms. The molecular formula is C24H26F3NO4. The molecule has 0 radical (unpaired) electrons. The first-order valence-electron chi connectivity index (χ1n) is 10.5. The minimum Gasteiger partial charge on any atom is -0.497 e. The fourth-order valence-electron chi connectivity index (χ4n) is 3.86. The third kappa shape index (κ3) is 5.75. The van der Waals surface area contributed by atoms with E-state index in [1.165, 1.54) is 19.2 Å². The number of hydrogen-bond donors (Lipinski definition) is 1. The van der Waals surface area contributed by atoms with E-state index in [1.54, 1.807) is 24.3 Å². The molecule has 5 nitrogen and oxygen atoms in total. The number of carbonyl (C=O) groups excluding carboxylic acids is 2. The smallest absolute Gasteiger partial charge is 0.416 e. The molecule has 172 valence electrons. The number of halogens is 3. The lowest BCUT2D eigenvalue weighted by Crippen LogP contribution is -2.49. The maximum atomic E-state index is 12.8. The number of piperidine rings is 1. The highest BCUT2D eigenvalue weighted by molar-refractivity contribution is 6.02. The number of benzene rings is 2. The number of ketones is 2. The Labute approximate surface area is 184 Å². The van der Waals surface area contributed by atoms with Gasteiger partial charge < -0.3 is 14.7 Å². The van der Waals surface area contributed by atoms with Crippen molar-refractivity contribution in [1.29, 1.82) is 0 Å². The zero-order valence-corrected chi connectivity index (χ0v) is 17.8. The maximum absolute atomic E-state index is 12.8. The highest BCUT2D eigenvalue weighted by Crippen LogP contribution is 2.30. The minimum absolute atomic E-state index is 0.0536. The van der Waals surface area contributed by atoms with Gasteiger partial charge in [-0.1, -0.05) is 12.1 Å². The van der Waals surface area contributed by atoms with Gasteiger partial charge >= 0.3 is 6.18 Å². The van der Waals surface area contributed by atoms with E-state index < -0.39 is 17.3 Å². The lowest BCUT2D eigenvalue weighted by Gasteiger charge is -2.37. The van der Waals surface area contributed by atoms with Crippen LogP contribution in [0.3, 0.4) is 0 Å². The molecule has 8 heteroatoms. The van der Waals surface area contributed by atoms with E-state index in [-0.39, 0.29) is 36.4 Å². The number of likely N-dealkylation sites (tertiary alicyclic amines) is 1. The van der Waals surface area contributed by atoms with Crippen molar-refractivity contribution in [2.45, 2.75) is 37.5 Å². The van der Waals surface area contributed by atoms with Gasteiger partial charge in [0.15, 0.2) is 11.6 Å². The van der Waals surface area contributed by atoms with Crippen molar-refractivity contribution in [1.82, 2.24) is 4.90 Å². The molecule has 0 amide bonds. The number of Topliss-reactive ketones (excluding diaryl/α,β-unsaturated/α-hetero) is 2. The fraction of sp³-hybridized carbons (Fsp3) is 0.417. The summed E-state index contributed by atoms with van der Waals surface area (Å²) in [5.74, 6) is -0.0261. The molecule has 3 rings (SSSR count). The van der Waals surface area contributed by atoms with Gasteiger partial charge in [-0.3, -0.25) is 9.59 Å². The van der Waals surface area contributed by atoms with Gasteiger partial charge in [-0.2, -0.15) is 13.2 Å². The number of rotatable bonds is 8. The van der Waals surface area contributed by atoms with Gasteiger partial charge in [-0.05, 0) is 62.2 Å². The Hall–Kier alpha value is -2.71. The minimum atomic E-state index is -4.48. The van der Waals surface area contributed by atoms with Crippen LogP contribution in [-0.4, -0.2) is 53.9 Å². The normalized spacial score (nSPS) is 16.5. The van der Waals surface area contributed by atoms with Crippen LogP contribution in [0.4, 0.5) is 13.2 Å². The third-order valence-electron chi connectivity index (χ3n) is 5.85. The summed E-state index contributed by atoms with van der Waals surface area (Å²) in [5.41, 5.74) is -1.79. The number of ether oxygens (including phenoxy) is 1. The van der Waals surface area contributed by atoms with E-state index in [0.717, 1.165) is 12.1 Å². The van der Waals surface area contributed by atoms with Crippen molar-refractivity contribution in [3.63, 3.8) is 0 Å². The summed E-state index contributed by atoms with van der Waals surface area (Å²) in [6.45, 7) is 1.56. The summed E-state index contributed by atoms with van der Waals surface area (Å²) in [6, 6.07) is 11.1. The average molecular weight is 449 g/mol. The van der Waals surface area contributed by atoms with Gasteiger partial charge in [0.1, 0.15) is 11.4 Å². The predicted molar refractivity (Wildman–Crippen MR) is 113 cm³/mol. The quantitative estimate of drug-likeness (QED) is 0.606. The van der Waals surface area contributed by atoms with Gasteiger partial charge in [-0.15, -0.1) is 0 Å². The number of hydrogen-bond acceptors (Lipinski definition) is 5. The highest BCUT2D eigenvalue weighted by atomic mass is 19.4. The molecule has 1 aliphatic rings. The van der Waals surface area contributed by atoms with Crippen LogP contribution in [0.25, 0.3) is 0 Å². The van der Waals surface area contributed by atoms with Crippen molar-refractivity contribution in [2.75, 3.05) is 26.7 Å². The predicted octanol–water partition coefficient (Wildman–Crippen LogP) is 4.39. The Morgan fingerprint density at radius 1 is 1.06 bits per heavy atom. The van der Waals surface area contributed by atoms with Gasteiger partial charge in [0, 0.05) is 30.6 Å². The summed E-state index contributed by atoms with van der Waals surface area (Å²) in [6.07, 6.45) is -3.31. The molecular weight excluding hydrogens is 423 g/mol. The molecule has 1 saturated heterocycles. The zero-order chi connectivity index (χ0) is 23.4. The number of methoxy groups -OCH3 is 1. The van der Waals surface area contributed by atoms with Crippen LogP contribution in [0.5, 0.6) is 5.75 Å². The van der Waals surface area contributed by atoms with Crippen molar-refractivity contribution < 1.29 is 32.6 Å². The van der Waals surface area contributed by atoms with Crippen LogP contribution in [0.1, 0.15) is 52.0 Å². The Kier molecular flexibility index (Phi) is 7.36. The van der Waals surface area contributed by atoms with Gasteiger partial charge in [-0.25, -0.2) is 0 Å². The summed E-state index contributed by atoms with van der Waals surface area (Å²) in [4.78, 5) is 27.1. The Morgan fingerprint density at radius 3 is 2.31 bits per heavy atom. The SMILES string of the molecule is COc1ccc(C(=O)C2(O)CCN(CCCC(=O)c3cccc(C(F)(F)F)c3)CC2)cc1. The van der Waals surface area contributed by atoms with E-state index in [0.29, 0.717) is 37.4 Å². The number of aliphatic hydroxyl groups is 1. The Morgan fingerprint density at radius 2 is 1.72 bits per heavy atom. The van der Waals surface area contributed by atoms with Crippen LogP contribution >= 0.6 is 0 Å². The van der Waals surface area contributed by atoms with Crippen molar-refractivity contribution in [3.8, 4) is 5.75 Å². The van der Waals surface area contributed by atoms with E-state index in [4.69, 9.17) is 4.74 Å². The summed E-state index contributed by atoms with van der Waals surface area (Å²) < 4.78 is 43.5. The molecule has 1 aliphatic heterocycles. The van der Waals surface area contributed by atoms with E-state index in [2.05, 4.69) is 4.90 Å². The molecule has 1 heterocycles. The number of nitrogens with zero attached hydrogens (tertiary/aromatic N) is 1. The third-order valence-corrected chi connectivity index (χ3v) is 5.85. The van der Waals surface area contributed by atoms with Crippen LogP contribution in [0.15, 0.2) is 48.5 Å². The summed E-state index contributed by atoms with van der Waals surface area (Å²) in [7, 11) is 1.53. The molecule has 0 aliphatic carbocycles. The van der Waals surface area contributed by atoms with Crippen molar-refractivity contribution in [2.24, 2.45) is 0 Å². The molecule has 1 N–H and O–H groups in total. The van der Waals surface area contributed by atoms with Crippen molar-refractivity contribution >= 4 is 11.6 Å². The first-order chi connectivity index (χ1) is 15.1. The number of carbonyl (C=O) groups is 2. The average Bonchev–Trinajstić information content (AvgIpc) is 2.79.